The van der Waals surface area contributed by atoms with Crippen LogP contribution in [0.4, 0.5) is 10.5 Å². The van der Waals surface area contributed by atoms with Gasteiger partial charge >= 0.3 is 6.09 Å². The van der Waals surface area contributed by atoms with E-state index in [1.54, 1.807) is 11.3 Å². The first-order valence-corrected chi connectivity index (χ1v) is 10.5. The summed E-state index contributed by atoms with van der Waals surface area (Å²) in [6.07, 6.45) is 2.27. The minimum absolute atomic E-state index is 0.253. The molecule has 1 saturated carbocycles. The minimum Gasteiger partial charge on any atom is -0.327 e. The first-order valence-electron chi connectivity index (χ1n) is 9.63. The fourth-order valence-electron chi connectivity index (χ4n) is 3.39. The Morgan fingerprint density at radius 1 is 1.24 bits per heavy atom. The van der Waals surface area contributed by atoms with Gasteiger partial charge in [0.15, 0.2) is 0 Å². The summed E-state index contributed by atoms with van der Waals surface area (Å²) in [5.74, 6) is 0.432. The quantitative estimate of drug-likeness (QED) is 0.387. The number of hydrogen-bond donors (Lipinski definition) is 3. The monoisotopic (exact) mass is 409 g/mol. The third kappa shape index (κ3) is 4.75. The Balaban J connectivity index is 1.25. The van der Waals surface area contributed by atoms with Crippen molar-refractivity contribution in [2.45, 2.75) is 37.3 Å². The fourth-order valence-corrected chi connectivity index (χ4v) is 4.39. The van der Waals surface area contributed by atoms with Crippen molar-refractivity contribution in [1.29, 1.82) is 0 Å². The van der Waals surface area contributed by atoms with Gasteiger partial charge in [-0.25, -0.2) is 10.3 Å². The highest BCUT2D eigenvalue weighted by molar-refractivity contribution is 7.17. The van der Waals surface area contributed by atoms with Crippen molar-refractivity contribution in [2.75, 3.05) is 5.48 Å². The number of carbonyl (C=O) groups excluding carboxylic acids is 2. The number of aryl methyl sites for hydroxylation is 1. The molecule has 0 radical (unpaired) electrons. The summed E-state index contributed by atoms with van der Waals surface area (Å²) < 4.78 is 1.22. The van der Waals surface area contributed by atoms with E-state index in [0.29, 0.717) is 24.4 Å². The van der Waals surface area contributed by atoms with Gasteiger partial charge in [-0.05, 0) is 59.4 Å². The van der Waals surface area contributed by atoms with Crippen LogP contribution in [0.5, 0.6) is 0 Å². The molecule has 0 saturated heterocycles. The number of aldehydes is 1. The number of nitrogens with two attached hydrogens (primary N) is 1. The van der Waals surface area contributed by atoms with E-state index < -0.39 is 12.1 Å². The maximum absolute atomic E-state index is 12.0. The molecule has 3 aromatic rings. The molecule has 1 aliphatic carbocycles. The smallest absolute Gasteiger partial charge is 0.327 e. The van der Waals surface area contributed by atoms with Crippen LogP contribution in [0.1, 0.15) is 29.9 Å². The number of rotatable bonds is 8. The largest absolute Gasteiger partial charge is 0.432 e. The molecule has 29 heavy (non-hydrogen) atoms. The SMILES string of the molecule is NC1CC1c1ccc(NOC(=O)NC(C=O)CCc2csc3ccccc23)cc1. The summed E-state index contributed by atoms with van der Waals surface area (Å²) in [4.78, 5) is 28.4. The predicted octanol–water partition coefficient (Wildman–Crippen LogP) is 3.97. The zero-order chi connectivity index (χ0) is 20.2. The van der Waals surface area contributed by atoms with Gasteiger partial charge in [-0.2, -0.15) is 0 Å². The summed E-state index contributed by atoms with van der Waals surface area (Å²) in [6.45, 7) is 0. The maximum atomic E-state index is 12.0. The number of thiophene rings is 1. The Morgan fingerprint density at radius 3 is 2.72 bits per heavy atom. The highest BCUT2D eigenvalue weighted by Gasteiger charge is 2.34. The number of fused-ring (bicyclic) bond motifs is 1. The molecular formula is C22H23N3O3S. The number of benzene rings is 2. The number of anilines is 1. The van der Waals surface area contributed by atoms with E-state index in [4.69, 9.17) is 10.6 Å². The lowest BCUT2D eigenvalue weighted by atomic mass is 10.1. The summed E-state index contributed by atoms with van der Waals surface area (Å²) >= 11 is 1.68. The summed E-state index contributed by atoms with van der Waals surface area (Å²) in [5.41, 5.74) is 11.5. The molecule has 1 heterocycles. The van der Waals surface area contributed by atoms with E-state index in [1.807, 2.05) is 36.4 Å². The van der Waals surface area contributed by atoms with Crippen molar-refractivity contribution < 1.29 is 14.4 Å². The van der Waals surface area contributed by atoms with Gasteiger partial charge in [0.1, 0.15) is 6.29 Å². The first-order chi connectivity index (χ1) is 14.1. The summed E-state index contributed by atoms with van der Waals surface area (Å²) in [5, 5.41) is 5.89. The van der Waals surface area contributed by atoms with E-state index in [1.165, 1.54) is 21.2 Å². The van der Waals surface area contributed by atoms with Gasteiger partial charge in [-0.1, -0.05) is 30.3 Å². The Kier molecular flexibility index (Phi) is 5.78. The van der Waals surface area contributed by atoms with Crippen LogP contribution in [-0.2, 0) is 16.1 Å². The van der Waals surface area contributed by atoms with E-state index in [0.717, 1.165) is 12.7 Å². The average molecular weight is 410 g/mol. The van der Waals surface area contributed by atoms with Crippen LogP contribution in [0, 0.1) is 0 Å². The average Bonchev–Trinajstić information content (AvgIpc) is 3.34. The molecule has 3 unspecified atom stereocenters. The van der Waals surface area contributed by atoms with Crippen molar-refractivity contribution in [1.82, 2.24) is 5.32 Å². The molecule has 4 rings (SSSR count). The van der Waals surface area contributed by atoms with Gasteiger partial charge in [0, 0.05) is 16.7 Å². The second kappa shape index (κ2) is 8.63. The van der Waals surface area contributed by atoms with Crippen LogP contribution in [-0.4, -0.2) is 24.5 Å². The molecule has 1 fully saturated rings. The fraction of sp³-hybridized carbons (Fsp3) is 0.273. The Bertz CT molecular complexity index is 1000. The lowest BCUT2D eigenvalue weighted by Crippen LogP contribution is -2.37. The molecule has 1 aromatic heterocycles. The molecule has 1 aliphatic rings. The highest BCUT2D eigenvalue weighted by Crippen LogP contribution is 2.39. The van der Waals surface area contributed by atoms with Crippen LogP contribution < -0.4 is 16.5 Å². The normalized spacial score (nSPS) is 18.8. The molecule has 2 aromatic carbocycles. The van der Waals surface area contributed by atoms with E-state index in [2.05, 4.69) is 28.3 Å². The molecular weight excluding hydrogens is 386 g/mol. The molecule has 0 aliphatic heterocycles. The van der Waals surface area contributed by atoms with E-state index >= 15 is 0 Å². The van der Waals surface area contributed by atoms with Gasteiger partial charge in [0.2, 0.25) is 0 Å². The van der Waals surface area contributed by atoms with Crippen LogP contribution in [0.3, 0.4) is 0 Å². The topological polar surface area (TPSA) is 93.4 Å². The van der Waals surface area contributed by atoms with Crippen molar-refractivity contribution in [3.63, 3.8) is 0 Å². The van der Waals surface area contributed by atoms with Crippen LogP contribution in [0.2, 0.25) is 0 Å². The van der Waals surface area contributed by atoms with Gasteiger partial charge in [0.05, 0.1) is 11.7 Å². The lowest BCUT2D eigenvalue weighted by Gasteiger charge is -2.13. The standard InChI is InChI=1S/C22H23N3O3S/c23-20-11-19(20)14-5-8-16(9-6-14)25-28-22(27)24-17(12-26)10-7-15-13-29-21-4-2-1-3-18(15)21/h1-6,8-9,12-13,17,19-20,25H,7,10-11,23H2,(H,24,27). The van der Waals surface area contributed by atoms with E-state index in [9.17, 15) is 9.59 Å². The van der Waals surface area contributed by atoms with Crippen molar-refractivity contribution in [2.24, 2.45) is 5.73 Å². The molecule has 7 heteroatoms. The number of hydrogen-bond acceptors (Lipinski definition) is 6. The van der Waals surface area contributed by atoms with Gasteiger partial charge in [-0.3, -0.25) is 0 Å². The third-order valence-corrected chi connectivity index (χ3v) is 6.21. The van der Waals surface area contributed by atoms with E-state index in [-0.39, 0.29) is 6.04 Å². The van der Waals surface area contributed by atoms with Gasteiger partial charge in [0.25, 0.3) is 0 Å². The second-order valence-corrected chi connectivity index (χ2v) is 8.21. The highest BCUT2D eigenvalue weighted by atomic mass is 32.1. The third-order valence-electron chi connectivity index (χ3n) is 5.19. The lowest BCUT2D eigenvalue weighted by molar-refractivity contribution is -0.109. The number of carbonyl (C=O) groups is 2. The summed E-state index contributed by atoms with van der Waals surface area (Å²) in [6, 6.07) is 15.4. The Morgan fingerprint density at radius 2 is 2.00 bits per heavy atom. The van der Waals surface area contributed by atoms with Gasteiger partial charge in [-0.15, -0.1) is 11.3 Å². The summed E-state index contributed by atoms with van der Waals surface area (Å²) in [7, 11) is 0. The Hall–Kier alpha value is -2.90. The molecule has 4 N–H and O–H groups in total. The molecule has 0 spiro atoms. The number of amides is 1. The van der Waals surface area contributed by atoms with Crippen LogP contribution >= 0.6 is 11.3 Å². The second-order valence-electron chi connectivity index (χ2n) is 7.30. The minimum atomic E-state index is -0.689. The predicted molar refractivity (Wildman–Crippen MR) is 115 cm³/mol. The molecule has 1 amide bonds. The zero-order valence-electron chi connectivity index (χ0n) is 15.8. The molecule has 0 bridgehead atoms. The van der Waals surface area contributed by atoms with Crippen molar-refractivity contribution in [3.8, 4) is 0 Å². The maximum Gasteiger partial charge on any atom is 0.432 e. The Labute approximate surface area is 173 Å². The van der Waals surface area contributed by atoms with Gasteiger partial charge < -0.3 is 20.7 Å². The number of nitrogens with one attached hydrogen (secondary N) is 2. The van der Waals surface area contributed by atoms with Crippen molar-refractivity contribution in [3.05, 3.63) is 65.0 Å². The molecule has 3 atom stereocenters. The zero-order valence-corrected chi connectivity index (χ0v) is 16.7. The van der Waals surface area contributed by atoms with Crippen LogP contribution in [0.25, 0.3) is 10.1 Å². The van der Waals surface area contributed by atoms with Crippen LogP contribution in [0.15, 0.2) is 53.9 Å². The first kappa shape index (κ1) is 19.4. The molecule has 150 valence electrons. The van der Waals surface area contributed by atoms with Crippen molar-refractivity contribution >= 4 is 39.5 Å². The molecule has 6 nitrogen and oxygen atoms in total.